The molecule has 2 aliphatic rings. The molecule has 1 aliphatic heterocycles. The molecule has 0 unspecified atom stereocenters. The molecule has 2 fully saturated rings. The first-order valence-corrected chi connectivity index (χ1v) is 8.69. The molecule has 0 spiro atoms. The molecular formula is C13H20ClF2N3O2S. The highest BCUT2D eigenvalue weighted by Crippen LogP contribution is 2.43. The molecule has 0 bridgehead atoms. The summed E-state index contributed by atoms with van der Waals surface area (Å²) in [5.41, 5.74) is 0.609. The predicted octanol–water partition coefficient (Wildman–Crippen LogP) is 2.09. The molecule has 1 aromatic heterocycles. The summed E-state index contributed by atoms with van der Waals surface area (Å²) in [5.74, 6) is -0.907. The van der Waals surface area contributed by atoms with Crippen LogP contribution in [0, 0.1) is 5.92 Å². The Balaban J connectivity index is 0.00000176. The van der Waals surface area contributed by atoms with E-state index in [4.69, 9.17) is 0 Å². The highest BCUT2D eigenvalue weighted by atomic mass is 35.5. The summed E-state index contributed by atoms with van der Waals surface area (Å²) in [5, 5.41) is 2.95. The Bertz CT molecular complexity index is 638. The molecule has 1 saturated carbocycles. The Hall–Kier alpha value is -0.730. The zero-order chi connectivity index (χ0) is 15.3. The fourth-order valence-corrected chi connectivity index (χ4v) is 4.44. The number of alkyl halides is 2. The number of nitrogens with one attached hydrogen (secondary N) is 1. The molecule has 22 heavy (non-hydrogen) atoms. The zero-order valence-electron chi connectivity index (χ0n) is 12.3. The van der Waals surface area contributed by atoms with Gasteiger partial charge in [-0.15, -0.1) is 12.4 Å². The first kappa shape index (κ1) is 17.6. The molecule has 1 aliphatic carbocycles. The number of aryl methyl sites for hydroxylation is 1. The summed E-state index contributed by atoms with van der Waals surface area (Å²) in [7, 11) is -3.30. The lowest BCUT2D eigenvalue weighted by Gasteiger charge is -2.29. The van der Waals surface area contributed by atoms with Crippen molar-refractivity contribution < 1.29 is 17.2 Å². The van der Waals surface area contributed by atoms with Crippen molar-refractivity contribution in [3.05, 3.63) is 11.8 Å². The van der Waals surface area contributed by atoms with E-state index in [9.17, 15) is 17.2 Å². The van der Waals surface area contributed by atoms with Crippen LogP contribution >= 0.6 is 12.4 Å². The lowest BCUT2D eigenvalue weighted by Crippen LogP contribution is -2.43. The lowest BCUT2D eigenvalue weighted by atomic mass is 9.99. The van der Waals surface area contributed by atoms with Crippen LogP contribution in [0.1, 0.15) is 37.3 Å². The van der Waals surface area contributed by atoms with Crippen LogP contribution in [0.15, 0.2) is 11.1 Å². The monoisotopic (exact) mass is 355 g/mol. The van der Waals surface area contributed by atoms with E-state index in [1.54, 1.807) is 0 Å². The van der Waals surface area contributed by atoms with Crippen molar-refractivity contribution in [2.45, 2.75) is 41.9 Å². The van der Waals surface area contributed by atoms with Crippen molar-refractivity contribution >= 4 is 22.2 Å². The largest absolute Gasteiger partial charge is 0.354 e. The molecule has 0 atom stereocenters. The first-order valence-electron chi connectivity index (χ1n) is 7.21. The summed E-state index contributed by atoms with van der Waals surface area (Å²) in [6.07, 6.45) is 2.22. The van der Waals surface area contributed by atoms with Crippen LogP contribution < -0.4 is 5.32 Å². The van der Waals surface area contributed by atoms with Gasteiger partial charge < -0.3 is 5.32 Å². The number of hydrogen-bond acceptors (Lipinski definition) is 4. The highest BCUT2D eigenvalue weighted by molar-refractivity contribution is 7.92. The minimum atomic E-state index is -4.71. The highest BCUT2D eigenvalue weighted by Gasteiger charge is 2.54. The van der Waals surface area contributed by atoms with Crippen molar-refractivity contribution in [3.8, 4) is 0 Å². The normalized spacial score (nSPS) is 20.7. The van der Waals surface area contributed by atoms with E-state index in [1.807, 2.05) is 0 Å². The van der Waals surface area contributed by atoms with Crippen molar-refractivity contribution in [2.75, 3.05) is 13.1 Å². The second-order valence-electron chi connectivity index (χ2n) is 5.89. The van der Waals surface area contributed by atoms with Crippen molar-refractivity contribution in [1.82, 2.24) is 15.1 Å². The van der Waals surface area contributed by atoms with Gasteiger partial charge in [-0.1, -0.05) is 0 Å². The lowest BCUT2D eigenvalue weighted by molar-refractivity contribution is 0.0117. The van der Waals surface area contributed by atoms with Crippen LogP contribution in [0.4, 0.5) is 8.78 Å². The van der Waals surface area contributed by atoms with Crippen molar-refractivity contribution in [3.63, 3.8) is 0 Å². The Labute approximate surface area is 134 Å². The number of halogens is 3. The van der Waals surface area contributed by atoms with E-state index in [0.29, 0.717) is 18.8 Å². The van der Waals surface area contributed by atoms with Gasteiger partial charge in [0.2, 0.25) is 0 Å². The van der Waals surface area contributed by atoms with Crippen LogP contribution in [0.2, 0.25) is 0 Å². The van der Waals surface area contributed by atoms with E-state index in [-0.39, 0.29) is 36.2 Å². The van der Waals surface area contributed by atoms with Crippen LogP contribution in [0.3, 0.4) is 0 Å². The molecule has 1 aromatic rings. The molecule has 9 heteroatoms. The van der Waals surface area contributed by atoms with E-state index in [0.717, 1.165) is 17.5 Å². The predicted molar refractivity (Wildman–Crippen MR) is 80.2 cm³/mol. The van der Waals surface area contributed by atoms with Crippen molar-refractivity contribution in [2.24, 2.45) is 13.0 Å². The number of aromatic nitrogens is 2. The molecule has 0 aromatic carbocycles. The zero-order valence-corrected chi connectivity index (χ0v) is 13.9. The van der Waals surface area contributed by atoms with Gasteiger partial charge in [-0.3, -0.25) is 4.68 Å². The van der Waals surface area contributed by atoms with E-state index in [1.165, 1.54) is 13.1 Å². The summed E-state index contributed by atoms with van der Waals surface area (Å²) in [6, 6.07) is 1.32. The standard InChI is InChI=1S/C13H19F2N3O2S.ClH/c1-18-12(8-11(17-18)9-2-3-9)21(19,20)13(14,15)10-4-6-16-7-5-10;/h8-10,16H,2-7H2,1H3;1H. The number of nitrogens with zero attached hydrogens (tertiary/aromatic N) is 2. The van der Waals surface area contributed by atoms with Gasteiger partial charge in [0.25, 0.3) is 9.84 Å². The minimum absolute atomic E-state index is 0. The van der Waals surface area contributed by atoms with Gasteiger partial charge in [0.05, 0.1) is 5.69 Å². The van der Waals surface area contributed by atoms with Gasteiger partial charge in [-0.2, -0.15) is 13.9 Å². The third-order valence-corrected chi connectivity index (χ3v) is 6.28. The maximum absolute atomic E-state index is 14.5. The third kappa shape index (κ3) is 2.88. The summed E-state index contributed by atoms with van der Waals surface area (Å²) in [6.45, 7) is 0.850. The molecule has 0 radical (unpaired) electrons. The molecular weight excluding hydrogens is 336 g/mol. The smallest absolute Gasteiger partial charge is 0.317 e. The second-order valence-corrected chi connectivity index (χ2v) is 7.86. The quantitative estimate of drug-likeness (QED) is 0.898. The molecule has 5 nitrogen and oxygen atoms in total. The Morgan fingerprint density at radius 3 is 2.41 bits per heavy atom. The van der Waals surface area contributed by atoms with Crippen LogP contribution in [0.5, 0.6) is 0 Å². The number of rotatable bonds is 4. The van der Waals surface area contributed by atoms with Crippen LogP contribution in [0.25, 0.3) is 0 Å². The fraction of sp³-hybridized carbons (Fsp3) is 0.769. The molecule has 1 N–H and O–H groups in total. The molecule has 3 rings (SSSR count). The fourth-order valence-electron chi connectivity index (χ4n) is 2.82. The summed E-state index contributed by atoms with van der Waals surface area (Å²) in [4.78, 5) is 0. The average Bonchev–Trinajstić information content (AvgIpc) is 3.22. The topological polar surface area (TPSA) is 64.0 Å². The SMILES string of the molecule is Cl.Cn1nc(C2CC2)cc1S(=O)(=O)C(F)(F)C1CCNCC1. The molecule has 126 valence electrons. The van der Waals surface area contributed by atoms with Crippen LogP contribution in [-0.2, 0) is 16.9 Å². The molecule has 0 amide bonds. The van der Waals surface area contributed by atoms with E-state index >= 15 is 0 Å². The third-order valence-electron chi connectivity index (χ3n) is 4.30. The van der Waals surface area contributed by atoms with Gasteiger partial charge in [0.15, 0.2) is 5.03 Å². The average molecular weight is 356 g/mol. The van der Waals surface area contributed by atoms with Gasteiger partial charge in [0, 0.05) is 18.9 Å². The molecule has 2 heterocycles. The summed E-state index contributed by atoms with van der Waals surface area (Å²) < 4.78 is 54.9. The van der Waals surface area contributed by atoms with E-state index < -0.39 is 21.0 Å². The number of hydrogen-bond donors (Lipinski definition) is 1. The molecule has 1 saturated heterocycles. The van der Waals surface area contributed by atoms with Gasteiger partial charge >= 0.3 is 5.25 Å². The van der Waals surface area contributed by atoms with Gasteiger partial charge in [0.1, 0.15) is 0 Å². The van der Waals surface area contributed by atoms with Crippen molar-refractivity contribution in [1.29, 1.82) is 0 Å². The van der Waals surface area contributed by atoms with Gasteiger partial charge in [-0.05, 0) is 44.8 Å². The van der Waals surface area contributed by atoms with E-state index in [2.05, 4.69) is 10.4 Å². The minimum Gasteiger partial charge on any atom is -0.317 e. The van der Waals surface area contributed by atoms with Crippen LogP contribution in [-0.4, -0.2) is 36.5 Å². The maximum Gasteiger partial charge on any atom is 0.354 e. The Kier molecular flexibility index (Phi) is 4.85. The Morgan fingerprint density at radius 1 is 1.27 bits per heavy atom. The first-order chi connectivity index (χ1) is 9.84. The maximum atomic E-state index is 14.5. The number of piperidine rings is 1. The summed E-state index contributed by atoms with van der Waals surface area (Å²) >= 11 is 0. The van der Waals surface area contributed by atoms with Gasteiger partial charge in [-0.25, -0.2) is 8.42 Å². The number of sulfone groups is 1. The second kappa shape index (κ2) is 6.05. The Morgan fingerprint density at radius 2 is 1.86 bits per heavy atom.